The number of amides is 1. The predicted molar refractivity (Wildman–Crippen MR) is 56.1 cm³/mol. The molecule has 0 bridgehead atoms. The number of hydrogen-bond donors (Lipinski definition) is 1. The molecule has 0 spiro atoms. The maximum Gasteiger partial charge on any atom is 0.305 e. The molecular formula is C11H17NO3. The zero-order valence-electron chi connectivity index (χ0n) is 8.99. The van der Waals surface area contributed by atoms with Crippen molar-refractivity contribution in [3.63, 3.8) is 0 Å². The molecule has 0 aromatic carbocycles. The average molecular weight is 211 g/mol. The predicted octanol–water partition coefficient (Wildman–Crippen LogP) is 1.02. The molecule has 0 saturated heterocycles. The van der Waals surface area contributed by atoms with E-state index < -0.39 is 0 Å². The van der Waals surface area contributed by atoms with Gasteiger partial charge in [0.25, 0.3) is 0 Å². The van der Waals surface area contributed by atoms with Gasteiger partial charge in [-0.3, -0.25) is 9.59 Å². The van der Waals surface area contributed by atoms with Crippen LogP contribution in [0, 0.1) is 5.92 Å². The highest BCUT2D eigenvalue weighted by Crippen LogP contribution is 2.31. The van der Waals surface area contributed by atoms with Crippen LogP contribution in [0.3, 0.4) is 0 Å². The van der Waals surface area contributed by atoms with Crippen molar-refractivity contribution in [3.8, 4) is 0 Å². The summed E-state index contributed by atoms with van der Waals surface area (Å²) in [6.45, 7) is 3.39. The quantitative estimate of drug-likeness (QED) is 0.545. The van der Waals surface area contributed by atoms with Gasteiger partial charge in [0, 0.05) is 12.5 Å². The SMILES string of the molecule is C=CC(=O)NC1CC(CCC(=O)OC)C1. The molecule has 15 heavy (non-hydrogen) atoms. The summed E-state index contributed by atoms with van der Waals surface area (Å²) in [5.74, 6) is 0.263. The first kappa shape index (κ1) is 11.8. The molecule has 1 amide bonds. The fourth-order valence-electron chi connectivity index (χ4n) is 1.77. The van der Waals surface area contributed by atoms with Gasteiger partial charge in [0.05, 0.1) is 7.11 Å². The van der Waals surface area contributed by atoms with Gasteiger partial charge in [-0.05, 0) is 31.3 Å². The number of esters is 1. The Labute approximate surface area is 89.7 Å². The highest BCUT2D eigenvalue weighted by Gasteiger charge is 2.29. The van der Waals surface area contributed by atoms with Crippen LogP contribution in [-0.2, 0) is 14.3 Å². The van der Waals surface area contributed by atoms with Gasteiger partial charge in [0.15, 0.2) is 0 Å². The van der Waals surface area contributed by atoms with E-state index in [4.69, 9.17) is 0 Å². The molecule has 4 heteroatoms. The Bertz CT molecular complexity index is 257. The second-order valence-electron chi connectivity index (χ2n) is 3.86. The molecule has 0 aromatic rings. The molecule has 1 rings (SSSR count). The second-order valence-corrected chi connectivity index (χ2v) is 3.86. The first-order chi connectivity index (χ1) is 7.15. The van der Waals surface area contributed by atoms with E-state index in [1.165, 1.54) is 13.2 Å². The molecule has 0 atom stereocenters. The Morgan fingerprint density at radius 1 is 1.53 bits per heavy atom. The van der Waals surface area contributed by atoms with Crippen molar-refractivity contribution in [1.82, 2.24) is 5.32 Å². The molecule has 1 aliphatic rings. The van der Waals surface area contributed by atoms with Gasteiger partial charge >= 0.3 is 5.97 Å². The van der Waals surface area contributed by atoms with E-state index in [-0.39, 0.29) is 17.9 Å². The van der Waals surface area contributed by atoms with Gasteiger partial charge in [0.2, 0.25) is 5.91 Å². The molecule has 0 aromatic heterocycles. The smallest absolute Gasteiger partial charge is 0.305 e. The van der Waals surface area contributed by atoms with E-state index in [0.29, 0.717) is 12.3 Å². The molecule has 1 fully saturated rings. The van der Waals surface area contributed by atoms with E-state index in [0.717, 1.165) is 19.3 Å². The number of rotatable bonds is 5. The lowest BCUT2D eigenvalue weighted by atomic mass is 9.77. The average Bonchev–Trinajstić information content (AvgIpc) is 2.20. The Balaban J connectivity index is 2.07. The van der Waals surface area contributed by atoms with Crippen molar-refractivity contribution in [2.24, 2.45) is 5.92 Å². The van der Waals surface area contributed by atoms with E-state index in [9.17, 15) is 9.59 Å². The van der Waals surface area contributed by atoms with Gasteiger partial charge in [-0.2, -0.15) is 0 Å². The minimum Gasteiger partial charge on any atom is -0.469 e. The summed E-state index contributed by atoms with van der Waals surface area (Å²) in [5.41, 5.74) is 0. The van der Waals surface area contributed by atoms with Crippen LogP contribution in [0.4, 0.5) is 0 Å². The summed E-state index contributed by atoms with van der Waals surface area (Å²) in [5, 5.41) is 2.82. The van der Waals surface area contributed by atoms with Gasteiger partial charge in [-0.25, -0.2) is 0 Å². The van der Waals surface area contributed by atoms with Crippen LogP contribution in [0.25, 0.3) is 0 Å². The van der Waals surface area contributed by atoms with E-state index in [2.05, 4.69) is 16.6 Å². The summed E-state index contributed by atoms with van der Waals surface area (Å²) in [6.07, 6.45) is 4.52. The minimum atomic E-state index is -0.159. The lowest BCUT2D eigenvalue weighted by Gasteiger charge is -2.35. The fourth-order valence-corrected chi connectivity index (χ4v) is 1.77. The molecule has 0 radical (unpaired) electrons. The third-order valence-corrected chi connectivity index (χ3v) is 2.75. The van der Waals surface area contributed by atoms with Crippen LogP contribution in [0.1, 0.15) is 25.7 Å². The Hall–Kier alpha value is -1.32. The summed E-state index contributed by atoms with van der Waals surface area (Å²) < 4.78 is 4.56. The van der Waals surface area contributed by atoms with Crippen LogP contribution < -0.4 is 5.32 Å². The third kappa shape index (κ3) is 3.73. The molecule has 1 saturated carbocycles. The maximum absolute atomic E-state index is 10.9. The van der Waals surface area contributed by atoms with Crippen molar-refractivity contribution in [2.45, 2.75) is 31.7 Å². The fraction of sp³-hybridized carbons (Fsp3) is 0.636. The molecule has 4 nitrogen and oxygen atoms in total. The van der Waals surface area contributed by atoms with Crippen LogP contribution in [0.2, 0.25) is 0 Å². The molecule has 0 heterocycles. The van der Waals surface area contributed by atoms with Crippen molar-refractivity contribution < 1.29 is 14.3 Å². The molecule has 84 valence electrons. The van der Waals surface area contributed by atoms with E-state index >= 15 is 0 Å². The molecule has 0 unspecified atom stereocenters. The van der Waals surface area contributed by atoms with Gasteiger partial charge in [-0.15, -0.1) is 0 Å². The Kier molecular flexibility index (Phi) is 4.34. The van der Waals surface area contributed by atoms with Crippen LogP contribution in [0.15, 0.2) is 12.7 Å². The molecular weight excluding hydrogens is 194 g/mol. The van der Waals surface area contributed by atoms with Crippen LogP contribution in [-0.4, -0.2) is 25.0 Å². The van der Waals surface area contributed by atoms with Crippen molar-refractivity contribution >= 4 is 11.9 Å². The molecule has 1 aliphatic carbocycles. The number of nitrogens with one attached hydrogen (secondary N) is 1. The lowest BCUT2D eigenvalue weighted by Crippen LogP contribution is -2.43. The first-order valence-corrected chi connectivity index (χ1v) is 5.15. The van der Waals surface area contributed by atoms with E-state index in [1.54, 1.807) is 0 Å². The van der Waals surface area contributed by atoms with Crippen molar-refractivity contribution in [1.29, 1.82) is 0 Å². The Morgan fingerprint density at radius 2 is 2.20 bits per heavy atom. The normalized spacial score (nSPS) is 23.8. The minimum absolute atomic E-state index is 0.119. The summed E-state index contributed by atoms with van der Waals surface area (Å²) >= 11 is 0. The largest absolute Gasteiger partial charge is 0.469 e. The summed E-state index contributed by atoms with van der Waals surface area (Å²) in [6, 6.07) is 0.262. The second kappa shape index (κ2) is 5.53. The topological polar surface area (TPSA) is 55.4 Å². The zero-order chi connectivity index (χ0) is 11.3. The summed E-state index contributed by atoms with van der Waals surface area (Å²) in [4.78, 5) is 21.8. The summed E-state index contributed by atoms with van der Waals surface area (Å²) in [7, 11) is 1.40. The number of ether oxygens (including phenoxy) is 1. The van der Waals surface area contributed by atoms with Gasteiger partial charge in [-0.1, -0.05) is 6.58 Å². The molecule has 0 aliphatic heterocycles. The maximum atomic E-state index is 10.9. The number of methoxy groups -OCH3 is 1. The number of carbonyl (C=O) groups excluding carboxylic acids is 2. The first-order valence-electron chi connectivity index (χ1n) is 5.15. The highest BCUT2D eigenvalue weighted by molar-refractivity contribution is 5.87. The van der Waals surface area contributed by atoms with Crippen molar-refractivity contribution in [2.75, 3.05) is 7.11 Å². The lowest BCUT2D eigenvalue weighted by molar-refractivity contribution is -0.141. The van der Waals surface area contributed by atoms with Crippen LogP contribution >= 0.6 is 0 Å². The number of carbonyl (C=O) groups is 2. The van der Waals surface area contributed by atoms with Crippen LogP contribution in [0.5, 0.6) is 0 Å². The standard InChI is InChI=1S/C11H17NO3/c1-3-10(13)12-9-6-8(7-9)4-5-11(14)15-2/h3,8-9H,1,4-7H2,2H3,(H,12,13). The number of hydrogen-bond acceptors (Lipinski definition) is 3. The van der Waals surface area contributed by atoms with Crippen molar-refractivity contribution in [3.05, 3.63) is 12.7 Å². The molecule has 1 N–H and O–H groups in total. The van der Waals surface area contributed by atoms with Gasteiger partial charge in [0.1, 0.15) is 0 Å². The third-order valence-electron chi connectivity index (χ3n) is 2.75. The monoisotopic (exact) mass is 211 g/mol. The highest BCUT2D eigenvalue weighted by atomic mass is 16.5. The zero-order valence-corrected chi connectivity index (χ0v) is 8.99. The van der Waals surface area contributed by atoms with E-state index in [1.807, 2.05) is 0 Å². The van der Waals surface area contributed by atoms with Gasteiger partial charge < -0.3 is 10.1 Å². The Morgan fingerprint density at radius 3 is 2.73 bits per heavy atom.